The Balaban J connectivity index is 2.14. The summed E-state index contributed by atoms with van der Waals surface area (Å²) in [6, 6.07) is 6.16. The molecule has 110 valence electrons. The van der Waals surface area contributed by atoms with Gasteiger partial charge in [0.2, 0.25) is 0 Å². The fourth-order valence-electron chi connectivity index (χ4n) is 2.46. The summed E-state index contributed by atoms with van der Waals surface area (Å²) in [5.74, 6) is 5.56. The average molecular weight is 287 g/mol. The van der Waals surface area contributed by atoms with E-state index in [1.807, 2.05) is 19.9 Å². The highest BCUT2D eigenvalue weighted by Crippen LogP contribution is 2.33. The third-order valence-corrected chi connectivity index (χ3v) is 3.66. The fourth-order valence-corrected chi connectivity index (χ4v) is 2.46. The number of allylic oxidation sites excluding steroid dienone is 1. The maximum Gasteiger partial charge on any atom is 0.407 e. The maximum atomic E-state index is 13.0. The third-order valence-electron chi connectivity index (χ3n) is 3.66. The van der Waals surface area contributed by atoms with Crippen molar-refractivity contribution in [2.24, 2.45) is 5.41 Å². The Bertz CT molecular complexity index is 638. The molecule has 0 bridgehead atoms. The van der Waals surface area contributed by atoms with Gasteiger partial charge in [0.05, 0.1) is 0 Å². The zero-order valence-electron chi connectivity index (χ0n) is 12.2. The van der Waals surface area contributed by atoms with Gasteiger partial charge in [-0.05, 0) is 30.7 Å². The van der Waals surface area contributed by atoms with Crippen molar-refractivity contribution < 1.29 is 14.3 Å². The Morgan fingerprint density at radius 3 is 2.86 bits per heavy atom. The Morgan fingerprint density at radius 2 is 2.24 bits per heavy atom. The Morgan fingerprint density at radius 1 is 1.48 bits per heavy atom. The third kappa shape index (κ3) is 3.85. The molecule has 1 heterocycles. The lowest BCUT2D eigenvalue weighted by molar-refractivity contribution is 0.117. The molecule has 1 aromatic rings. The second-order valence-electron chi connectivity index (χ2n) is 5.79. The van der Waals surface area contributed by atoms with E-state index in [0.29, 0.717) is 25.1 Å². The molecule has 2 rings (SSSR count). The second-order valence-corrected chi connectivity index (χ2v) is 5.79. The monoisotopic (exact) mass is 287 g/mol. The van der Waals surface area contributed by atoms with Crippen molar-refractivity contribution in [2.45, 2.75) is 20.3 Å². The number of carbonyl (C=O) groups is 1. The van der Waals surface area contributed by atoms with E-state index in [9.17, 15) is 9.18 Å². The van der Waals surface area contributed by atoms with Gasteiger partial charge in [0, 0.05) is 24.1 Å². The number of piperidine rings is 1. The number of benzene rings is 1. The molecule has 1 N–H and O–H groups in total. The smallest absolute Gasteiger partial charge is 0.407 e. The Hall–Kier alpha value is -2.28. The largest absolute Gasteiger partial charge is 0.465 e. The van der Waals surface area contributed by atoms with Crippen molar-refractivity contribution in [1.82, 2.24) is 4.90 Å². The first-order valence-electron chi connectivity index (χ1n) is 6.83. The molecule has 1 saturated heterocycles. The van der Waals surface area contributed by atoms with Crippen LogP contribution in [0.15, 0.2) is 35.9 Å². The summed E-state index contributed by atoms with van der Waals surface area (Å²) in [5, 5.41) is 9.05. The highest BCUT2D eigenvalue weighted by atomic mass is 19.1. The highest BCUT2D eigenvalue weighted by Gasteiger charge is 2.32. The summed E-state index contributed by atoms with van der Waals surface area (Å²) in [7, 11) is 0. The first kappa shape index (κ1) is 15.1. The van der Waals surface area contributed by atoms with Crippen molar-refractivity contribution in [1.29, 1.82) is 0 Å². The lowest BCUT2D eigenvalue weighted by Gasteiger charge is -2.38. The number of carboxylic acid groups (broad SMARTS) is 1. The predicted molar refractivity (Wildman–Crippen MR) is 79.4 cm³/mol. The molecule has 1 amide bonds. The second kappa shape index (κ2) is 6.01. The molecule has 0 aromatic heterocycles. The lowest BCUT2D eigenvalue weighted by atomic mass is 9.79. The van der Waals surface area contributed by atoms with Crippen molar-refractivity contribution >= 4 is 6.09 Å². The molecular formula is C17H18FNO2. The van der Waals surface area contributed by atoms with Gasteiger partial charge in [0.15, 0.2) is 0 Å². The van der Waals surface area contributed by atoms with E-state index in [1.165, 1.54) is 17.0 Å². The normalized spacial score (nSPS) is 19.0. The van der Waals surface area contributed by atoms with Crippen molar-refractivity contribution in [3.63, 3.8) is 0 Å². The predicted octanol–water partition coefficient (Wildman–Crippen LogP) is 3.51. The summed E-state index contributed by atoms with van der Waals surface area (Å²) in [6.45, 7) is 4.98. The molecule has 21 heavy (non-hydrogen) atoms. The molecule has 0 unspecified atom stereocenters. The van der Waals surface area contributed by atoms with Crippen LogP contribution in [0.1, 0.15) is 25.8 Å². The van der Waals surface area contributed by atoms with Gasteiger partial charge in [0.25, 0.3) is 0 Å². The van der Waals surface area contributed by atoms with Crippen LogP contribution in [0.4, 0.5) is 9.18 Å². The highest BCUT2D eigenvalue weighted by molar-refractivity contribution is 5.65. The van der Waals surface area contributed by atoms with Gasteiger partial charge in [0.1, 0.15) is 5.82 Å². The van der Waals surface area contributed by atoms with Gasteiger partial charge < -0.3 is 10.0 Å². The average Bonchev–Trinajstić information content (AvgIpc) is 2.40. The van der Waals surface area contributed by atoms with Crippen molar-refractivity contribution in [3.8, 4) is 11.8 Å². The summed E-state index contributed by atoms with van der Waals surface area (Å²) in [6.07, 6.45) is 1.63. The van der Waals surface area contributed by atoms with Crippen LogP contribution in [0.25, 0.3) is 0 Å². The summed E-state index contributed by atoms with van der Waals surface area (Å²) in [5.41, 5.74) is 1.53. The molecule has 4 heteroatoms. The first-order valence-corrected chi connectivity index (χ1v) is 6.83. The Labute approximate surface area is 124 Å². The molecule has 1 fully saturated rings. The van der Waals surface area contributed by atoms with Crippen molar-refractivity contribution in [3.05, 3.63) is 47.3 Å². The number of amides is 1. The van der Waals surface area contributed by atoms with Gasteiger partial charge in [-0.1, -0.05) is 37.3 Å². The van der Waals surface area contributed by atoms with Gasteiger partial charge in [-0.3, -0.25) is 0 Å². The van der Waals surface area contributed by atoms with Crippen LogP contribution in [0, 0.1) is 23.1 Å². The quantitative estimate of drug-likeness (QED) is 0.742. The standard InChI is InChI=1S/C17H18FNO2/c1-17(2)12-19(16(20)21)10-9-14(17)7-3-5-13-6-4-8-15(18)11-13/h4,6-8,11H,9-10,12H2,1-2H3,(H,20,21)/b14-7+. The lowest BCUT2D eigenvalue weighted by Crippen LogP contribution is -2.44. The summed E-state index contributed by atoms with van der Waals surface area (Å²) in [4.78, 5) is 12.5. The van der Waals surface area contributed by atoms with Crippen LogP contribution in [0.2, 0.25) is 0 Å². The summed E-state index contributed by atoms with van der Waals surface area (Å²) < 4.78 is 13.0. The van der Waals surface area contributed by atoms with E-state index >= 15 is 0 Å². The van der Waals surface area contributed by atoms with E-state index in [-0.39, 0.29) is 11.2 Å². The first-order chi connectivity index (χ1) is 9.88. The zero-order chi connectivity index (χ0) is 15.5. The molecule has 0 aliphatic carbocycles. The molecule has 0 atom stereocenters. The molecular weight excluding hydrogens is 269 g/mol. The number of nitrogens with zero attached hydrogens (tertiary/aromatic N) is 1. The topological polar surface area (TPSA) is 40.5 Å². The molecule has 0 radical (unpaired) electrons. The van der Waals surface area contributed by atoms with Gasteiger partial charge in [-0.25, -0.2) is 9.18 Å². The van der Waals surface area contributed by atoms with Crippen LogP contribution in [-0.2, 0) is 0 Å². The fraction of sp³-hybridized carbons (Fsp3) is 0.353. The molecule has 0 spiro atoms. The number of halogens is 1. The van der Waals surface area contributed by atoms with Gasteiger partial charge in [-0.15, -0.1) is 0 Å². The van der Waals surface area contributed by atoms with Crippen LogP contribution in [0.5, 0.6) is 0 Å². The number of rotatable bonds is 0. The molecule has 1 aromatic carbocycles. The van der Waals surface area contributed by atoms with Gasteiger partial charge >= 0.3 is 6.09 Å². The number of hydrogen-bond acceptors (Lipinski definition) is 1. The summed E-state index contributed by atoms with van der Waals surface area (Å²) >= 11 is 0. The maximum absolute atomic E-state index is 13.0. The van der Waals surface area contributed by atoms with Crippen LogP contribution >= 0.6 is 0 Å². The minimum absolute atomic E-state index is 0.229. The molecule has 1 aliphatic rings. The number of likely N-dealkylation sites (tertiary alicyclic amines) is 1. The van der Waals surface area contributed by atoms with E-state index in [2.05, 4.69) is 11.8 Å². The SMILES string of the molecule is CC1(C)CN(C(=O)O)CC/C1=C\C#Cc1cccc(F)c1. The van der Waals surface area contributed by atoms with E-state index in [0.717, 1.165) is 5.57 Å². The minimum atomic E-state index is -0.882. The van der Waals surface area contributed by atoms with E-state index < -0.39 is 6.09 Å². The molecule has 3 nitrogen and oxygen atoms in total. The minimum Gasteiger partial charge on any atom is -0.465 e. The van der Waals surface area contributed by atoms with E-state index in [4.69, 9.17) is 5.11 Å². The van der Waals surface area contributed by atoms with E-state index in [1.54, 1.807) is 12.1 Å². The zero-order valence-corrected chi connectivity index (χ0v) is 12.2. The van der Waals surface area contributed by atoms with Crippen LogP contribution in [0.3, 0.4) is 0 Å². The van der Waals surface area contributed by atoms with Gasteiger partial charge in [-0.2, -0.15) is 0 Å². The van der Waals surface area contributed by atoms with Crippen LogP contribution < -0.4 is 0 Å². The van der Waals surface area contributed by atoms with Crippen molar-refractivity contribution in [2.75, 3.05) is 13.1 Å². The molecule has 1 aliphatic heterocycles. The van der Waals surface area contributed by atoms with Crippen LogP contribution in [-0.4, -0.2) is 29.2 Å². The molecule has 0 saturated carbocycles. The number of hydrogen-bond donors (Lipinski definition) is 1. The Kier molecular flexibility index (Phi) is 4.32.